The van der Waals surface area contributed by atoms with Crippen LogP contribution in [0.2, 0.25) is 0 Å². The van der Waals surface area contributed by atoms with E-state index in [0.29, 0.717) is 30.8 Å². The average Bonchev–Trinajstić information content (AvgIpc) is 3.29. The molecule has 2 amide bonds. The molecule has 2 fully saturated rings. The first-order valence-electron chi connectivity index (χ1n) is 10.2. The second kappa shape index (κ2) is 12.9. The summed E-state index contributed by atoms with van der Waals surface area (Å²) in [4.78, 5) is 52.6. The molecule has 2 aromatic rings. The number of nitrogens with zero attached hydrogens (tertiary/aromatic N) is 3. The van der Waals surface area contributed by atoms with Crippen molar-refractivity contribution in [1.29, 1.82) is 0 Å². The summed E-state index contributed by atoms with van der Waals surface area (Å²) in [5.74, 6) is -0.537. The lowest BCUT2D eigenvalue weighted by molar-refractivity contribution is -0.124. The Kier molecular flexibility index (Phi) is 9.90. The van der Waals surface area contributed by atoms with Crippen LogP contribution >= 0.6 is 0 Å². The number of amides is 2. The number of rotatable bonds is 3. The summed E-state index contributed by atoms with van der Waals surface area (Å²) >= 11 is 0. The number of carbonyl (C=O) groups excluding carboxylic acids is 2. The monoisotopic (exact) mass is 458 g/mol. The van der Waals surface area contributed by atoms with E-state index in [1.165, 1.54) is 0 Å². The molecular formula is C22H26N4O7. The molecule has 11 nitrogen and oxygen atoms in total. The molecule has 2 saturated heterocycles. The SMILES string of the molecule is Cc1ccc(C(=O)N2C[C@@H](C(=O)Nc3cccnc3)C[C@H]3OCC[C@H]32)cn1.O=CO.O=CO. The van der Waals surface area contributed by atoms with Crippen LogP contribution in [0.25, 0.3) is 0 Å². The van der Waals surface area contributed by atoms with Crippen LogP contribution in [0.5, 0.6) is 0 Å². The Bertz CT molecular complexity index is 918. The van der Waals surface area contributed by atoms with Gasteiger partial charge in [-0.1, -0.05) is 0 Å². The lowest BCUT2D eigenvalue weighted by atomic mass is 9.89. The van der Waals surface area contributed by atoms with Crippen LogP contribution in [0.3, 0.4) is 0 Å². The van der Waals surface area contributed by atoms with E-state index in [0.717, 1.165) is 12.1 Å². The van der Waals surface area contributed by atoms with Crippen molar-refractivity contribution in [3.8, 4) is 0 Å². The minimum absolute atomic E-state index is 0.0150. The lowest BCUT2D eigenvalue weighted by Gasteiger charge is -2.40. The predicted octanol–water partition coefficient (Wildman–Crippen LogP) is 1.44. The van der Waals surface area contributed by atoms with Gasteiger partial charge in [-0.05, 0) is 44.0 Å². The van der Waals surface area contributed by atoms with Gasteiger partial charge in [-0.2, -0.15) is 0 Å². The molecule has 3 atom stereocenters. The molecule has 4 rings (SSSR count). The molecule has 0 bridgehead atoms. The van der Waals surface area contributed by atoms with Gasteiger partial charge in [0, 0.05) is 31.2 Å². The van der Waals surface area contributed by atoms with E-state index < -0.39 is 0 Å². The first-order valence-corrected chi connectivity index (χ1v) is 10.2. The molecule has 0 aromatic carbocycles. The van der Waals surface area contributed by atoms with E-state index in [4.69, 9.17) is 24.5 Å². The number of likely N-dealkylation sites (tertiary alicyclic amines) is 1. The molecule has 33 heavy (non-hydrogen) atoms. The smallest absolute Gasteiger partial charge is 0.290 e. The van der Waals surface area contributed by atoms with Crippen molar-refractivity contribution >= 4 is 30.4 Å². The Morgan fingerprint density at radius 1 is 1.18 bits per heavy atom. The van der Waals surface area contributed by atoms with E-state index in [2.05, 4.69) is 15.3 Å². The number of hydrogen-bond donors (Lipinski definition) is 3. The number of aryl methyl sites for hydroxylation is 1. The Morgan fingerprint density at radius 2 is 1.91 bits per heavy atom. The van der Waals surface area contributed by atoms with Gasteiger partial charge in [0.1, 0.15) is 0 Å². The number of fused-ring (bicyclic) bond motifs is 1. The van der Waals surface area contributed by atoms with Gasteiger partial charge in [0.05, 0.1) is 35.5 Å². The topological polar surface area (TPSA) is 159 Å². The average molecular weight is 458 g/mol. The van der Waals surface area contributed by atoms with E-state index in [1.807, 2.05) is 13.0 Å². The summed E-state index contributed by atoms with van der Waals surface area (Å²) < 4.78 is 5.82. The zero-order valence-corrected chi connectivity index (χ0v) is 18.0. The number of carbonyl (C=O) groups is 4. The number of carboxylic acid groups (broad SMARTS) is 2. The van der Waals surface area contributed by atoms with Crippen LogP contribution < -0.4 is 5.32 Å². The van der Waals surface area contributed by atoms with Crippen LogP contribution in [0.4, 0.5) is 5.69 Å². The van der Waals surface area contributed by atoms with Crippen LogP contribution in [0.1, 0.15) is 28.9 Å². The Hall–Kier alpha value is -3.86. The Balaban J connectivity index is 0.000000582. The predicted molar refractivity (Wildman–Crippen MR) is 117 cm³/mol. The van der Waals surface area contributed by atoms with Crippen LogP contribution in [0, 0.1) is 12.8 Å². The highest BCUT2D eigenvalue weighted by molar-refractivity contribution is 5.96. The molecule has 2 aliphatic rings. The van der Waals surface area contributed by atoms with E-state index in [1.54, 1.807) is 41.7 Å². The van der Waals surface area contributed by atoms with Crippen molar-refractivity contribution in [2.24, 2.45) is 5.92 Å². The molecule has 176 valence electrons. The molecule has 3 N–H and O–H groups in total. The summed E-state index contributed by atoms with van der Waals surface area (Å²) in [5, 5.41) is 16.7. The maximum atomic E-state index is 13.1. The number of piperidine rings is 1. The van der Waals surface area contributed by atoms with Gasteiger partial charge in [-0.3, -0.25) is 29.1 Å². The van der Waals surface area contributed by atoms with E-state index in [-0.39, 0.29) is 42.8 Å². The number of nitrogens with one attached hydrogen (secondary N) is 1. The highest BCUT2D eigenvalue weighted by Crippen LogP contribution is 2.33. The van der Waals surface area contributed by atoms with Gasteiger partial charge in [-0.15, -0.1) is 0 Å². The highest BCUT2D eigenvalue weighted by atomic mass is 16.5. The minimum atomic E-state index is -0.327. The molecule has 2 aromatic heterocycles. The third-order valence-electron chi connectivity index (χ3n) is 5.23. The second-order valence-electron chi connectivity index (χ2n) is 7.29. The van der Waals surface area contributed by atoms with Crippen molar-refractivity contribution < 1.29 is 34.1 Å². The zero-order valence-electron chi connectivity index (χ0n) is 18.0. The first-order chi connectivity index (χ1) is 15.9. The summed E-state index contributed by atoms with van der Waals surface area (Å²) in [6, 6.07) is 7.19. The molecule has 0 aliphatic carbocycles. The number of ether oxygens (including phenoxy) is 1. The molecule has 0 saturated carbocycles. The second-order valence-corrected chi connectivity index (χ2v) is 7.29. The van der Waals surface area contributed by atoms with Gasteiger partial charge in [0.2, 0.25) is 5.91 Å². The third-order valence-corrected chi connectivity index (χ3v) is 5.23. The summed E-state index contributed by atoms with van der Waals surface area (Å²) in [5.41, 5.74) is 2.05. The molecular weight excluding hydrogens is 432 g/mol. The molecule has 11 heteroatoms. The van der Waals surface area contributed by atoms with Crippen molar-refractivity contribution in [2.75, 3.05) is 18.5 Å². The van der Waals surface area contributed by atoms with Gasteiger partial charge in [0.15, 0.2) is 0 Å². The number of hydrogen-bond acceptors (Lipinski definition) is 7. The van der Waals surface area contributed by atoms with Crippen molar-refractivity contribution in [2.45, 2.75) is 31.9 Å². The quantitative estimate of drug-likeness (QED) is 0.579. The van der Waals surface area contributed by atoms with Gasteiger partial charge >= 0.3 is 0 Å². The van der Waals surface area contributed by atoms with Gasteiger partial charge in [-0.25, -0.2) is 0 Å². The maximum Gasteiger partial charge on any atom is 0.290 e. The minimum Gasteiger partial charge on any atom is -0.483 e. The lowest BCUT2D eigenvalue weighted by Crippen LogP contribution is -2.54. The highest BCUT2D eigenvalue weighted by Gasteiger charge is 2.44. The fourth-order valence-electron chi connectivity index (χ4n) is 3.81. The number of anilines is 1. The summed E-state index contributed by atoms with van der Waals surface area (Å²) in [6.45, 7) is 2.38. The van der Waals surface area contributed by atoms with Crippen molar-refractivity contribution in [1.82, 2.24) is 14.9 Å². The van der Waals surface area contributed by atoms with E-state index in [9.17, 15) is 9.59 Å². The van der Waals surface area contributed by atoms with Gasteiger partial charge < -0.3 is 25.2 Å². The largest absolute Gasteiger partial charge is 0.483 e. The molecule has 0 spiro atoms. The first kappa shape index (κ1) is 25.4. The maximum absolute atomic E-state index is 13.1. The third kappa shape index (κ3) is 7.07. The van der Waals surface area contributed by atoms with Gasteiger partial charge in [0.25, 0.3) is 18.9 Å². The summed E-state index contributed by atoms with van der Waals surface area (Å²) in [7, 11) is 0. The normalized spacial score (nSPS) is 20.6. The van der Waals surface area contributed by atoms with Crippen LogP contribution in [-0.4, -0.2) is 75.1 Å². The van der Waals surface area contributed by atoms with E-state index >= 15 is 0 Å². The molecule has 4 heterocycles. The fraction of sp³-hybridized carbons (Fsp3) is 0.364. The Morgan fingerprint density at radius 3 is 2.52 bits per heavy atom. The van der Waals surface area contributed by atoms with Crippen molar-refractivity contribution in [3.63, 3.8) is 0 Å². The summed E-state index contributed by atoms with van der Waals surface area (Å²) in [6.07, 6.45) is 6.17. The zero-order chi connectivity index (χ0) is 24.2. The van der Waals surface area contributed by atoms with Crippen molar-refractivity contribution in [3.05, 3.63) is 54.1 Å². The molecule has 2 aliphatic heterocycles. The molecule has 0 radical (unpaired) electrons. The standard InChI is InChI=1S/C20H22N4O3.2CH2O2/c1-13-4-5-14(10-22-13)20(26)24-12-15(9-18-17(24)6-8-27-18)19(25)23-16-3-2-7-21-11-16;2*2-1-3/h2-5,7,10-11,15,17-18H,6,8-9,12H2,1H3,(H,23,25);2*1H,(H,2,3)/t15-,17+,18+;;/m0../s1. The Labute approximate surface area is 190 Å². The van der Waals surface area contributed by atoms with Crippen LogP contribution in [-0.2, 0) is 19.1 Å². The molecule has 0 unspecified atom stereocenters. The number of aromatic nitrogens is 2. The fourth-order valence-corrected chi connectivity index (χ4v) is 3.81. The number of pyridine rings is 2. The van der Waals surface area contributed by atoms with Crippen LogP contribution in [0.15, 0.2) is 42.9 Å².